The smallest absolute Gasteiger partial charge is 0.243 e. The zero-order valence-corrected chi connectivity index (χ0v) is 15.3. The fraction of sp³-hybridized carbons (Fsp3) is 0.412. The van der Waals surface area contributed by atoms with E-state index < -0.39 is 10.0 Å². The summed E-state index contributed by atoms with van der Waals surface area (Å²) in [4.78, 5) is 11.3. The Morgan fingerprint density at radius 1 is 1.28 bits per heavy atom. The summed E-state index contributed by atoms with van der Waals surface area (Å²) < 4.78 is 32.9. The van der Waals surface area contributed by atoms with Crippen molar-refractivity contribution in [3.8, 4) is 0 Å². The minimum Gasteiger partial charge on any atom is -0.361 e. The van der Waals surface area contributed by atoms with Gasteiger partial charge in [0, 0.05) is 24.7 Å². The standard InChI is InChI=1S/C17H21N3O4S/c1-11-17(12(2)24-19-11)16-5-4-10-20(16)25(22,23)15-8-6-14(7-9-15)18-13(3)21/h6-9,16H,4-5,10H2,1-3H3,(H,18,21)/t16-/m1/s1. The number of aromatic nitrogens is 1. The van der Waals surface area contributed by atoms with Crippen molar-refractivity contribution in [1.29, 1.82) is 0 Å². The molecule has 0 unspecified atom stereocenters. The number of amides is 1. The summed E-state index contributed by atoms with van der Waals surface area (Å²) in [6, 6.07) is 5.96. The van der Waals surface area contributed by atoms with Crippen molar-refractivity contribution in [2.75, 3.05) is 11.9 Å². The number of nitrogens with zero attached hydrogens (tertiary/aromatic N) is 2. The third-order valence-corrected chi connectivity index (χ3v) is 6.33. The van der Waals surface area contributed by atoms with Crippen molar-refractivity contribution < 1.29 is 17.7 Å². The van der Waals surface area contributed by atoms with Gasteiger partial charge in [0.1, 0.15) is 5.76 Å². The fourth-order valence-corrected chi connectivity index (χ4v) is 5.00. The van der Waals surface area contributed by atoms with Gasteiger partial charge in [-0.25, -0.2) is 8.42 Å². The molecule has 0 saturated carbocycles. The lowest BCUT2D eigenvalue weighted by molar-refractivity contribution is -0.114. The first-order valence-electron chi connectivity index (χ1n) is 8.13. The van der Waals surface area contributed by atoms with Gasteiger partial charge < -0.3 is 9.84 Å². The van der Waals surface area contributed by atoms with Crippen LogP contribution in [-0.4, -0.2) is 30.3 Å². The zero-order valence-electron chi connectivity index (χ0n) is 14.4. The molecule has 0 aliphatic carbocycles. The Balaban J connectivity index is 1.92. The second-order valence-corrected chi connectivity index (χ2v) is 8.11. The summed E-state index contributed by atoms with van der Waals surface area (Å²) in [6.45, 7) is 5.51. The van der Waals surface area contributed by atoms with E-state index >= 15 is 0 Å². The van der Waals surface area contributed by atoms with Gasteiger partial charge in [0.15, 0.2) is 0 Å². The highest BCUT2D eigenvalue weighted by molar-refractivity contribution is 7.89. The minimum absolute atomic E-state index is 0.200. The number of nitrogens with one attached hydrogen (secondary N) is 1. The number of aryl methyl sites for hydroxylation is 2. The van der Waals surface area contributed by atoms with Crippen molar-refractivity contribution in [3.05, 3.63) is 41.3 Å². The van der Waals surface area contributed by atoms with Crippen molar-refractivity contribution in [3.63, 3.8) is 0 Å². The van der Waals surface area contributed by atoms with E-state index in [-0.39, 0.29) is 16.8 Å². The summed E-state index contributed by atoms with van der Waals surface area (Å²) in [6.07, 6.45) is 1.53. The average molecular weight is 363 g/mol. The average Bonchev–Trinajstić information content (AvgIpc) is 3.14. The lowest BCUT2D eigenvalue weighted by Gasteiger charge is -2.24. The maximum atomic E-state index is 13.1. The van der Waals surface area contributed by atoms with Crippen LogP contribution in [0.2, 0.25) is 0 Å². The molecule has 2 heterocycles. The van der Waals surface area contributed by atoms with E-state index in [0.717, 1.165) is 24.1 Å². The Morgan fingerprint density at radius 3 is 2.52 bits per heavy atom. The van der Waals surface area contributed by atoms with Gasteiger partial charge in [-0.1, -0.05) is 5.16 Å². The molecule has 134 valence electrons. The molecule has 2 aromatic rings. The maximum Gasteiger partial charge on any atom is 0.243 e. The molecule has 1 amide bonds. The Bertz CT molecular complexity index is 868. The summed E-state index contributed by atoms with van der Waals surface area (Å²) in [7, 11) is -3.64. The van der Waals surface area contributed by atoms with Crippen LogP contribution in [0.15, 0.2) is 33.7 Å². The predicted molar refractivity (Wildman–Crippen MR) is 92.6 cm³/mol. The number of benzene rings is 1. The molecule has 7 nitrogen and oxygen atoms in total. The Kier molecular flexibility index (Phi) is 4.66. The highest BCUT2D eigenvalue weighted by Crippen LogP contribution is 2.39. The Morgan fingerprint density at radius 2 is 1.96 bits per heavy atom. The van der Waals surface area contributed by atoms with Crippen molar-refractivity contribution in [2.24, 2.45) is 0 Å². The molecule has 0 spiro atoms. The lowest BCUT2D eigenvalue weighted by atomic mass is 10.0. The van der Waals surface area contributed by atoms with Gasteiger partial charge in [-0.3, -0.25) is 4.79 Å². The Labute approximate surface area is 147 Å². The maximum absolute atomic E-state index is 13.1. The fourth-order valence-electron chi connectivity index (χ4n) is 3.33. The molecule has 1 aromatic carbocycles. The van der Waals surface area contributed by atoms with Crippen molar-refractivity contribution in [1.82, 2.24) is 9.46 Å². The zero-order chi connectivity index (χ0) is 18.2. The molecule has 0 radical (unpaired) electrons. The topological polar surface area (TPSA) is 92.5 Å². The van der Waals surface area contributed by atoms with Crippen LogP contribution in [0.4, 0.5) is 5.69 Å². The SMILES string of the molecule is CC(=O)Nc1ccc(S(=O)(=O)N2CCC[C@@H]2c2c(C)noc2C)cc1. The van der Waals surface area contributed by atoms with Gasteiger partial charge in [0.2, 0.25) is 15.9 Å². The second kappa shape index (κ2) is 6.61. The van der Waals surface area contributed by atoms with E-state index in [0.29, 0.717) is 18.0 Å². The number of sulfonamides is 1. The molecular weight excluding hydrogens is 342 g/mol. The van der Waals surface area contributed by atoms with E-state index in [2.05, 4.69) is 10.5 Å². The van der Waals surface area contributed by atoms with E-state index in [1.54, 1.807) is 19.1 Å². The first-order chi connectivity index (χ1) is 11.8. The van der Waals surface area contributed by atoms with Crippen LogP contribution >= 0.6 is 0 Å². The summed E-state index contributed by atoms with van der Waals surface area (Å²) >= 11 is 0. The highest BCUT2D eigenvalue weighted by atomic mass is 32.2. The molecule has 1 N–H and O–H groups in total. The quantitative estimate of drug-likeness (QED) is 0.902. The van der Waals surface area contributed by atoms with Gasteiger partial charge in [-0.2, -0.15) is 4.31 Å². The normalized spacial score (nSPS) is 18.4. The summed E-state index contributed by atoms with van der Waals surface area (Å²) in [5.41, 5.74) is 2.15. The highest BCUT2D eigenvalue weighted by Gasteiger charge is 2.38. The third kappa shape index (κ3) is 3.32. The van der Waals surface area contributed by atoms with E-state index in [4.69, 9.17) is 4.52 Å². The number of carbonyl (C=O) groups excluding carboxylic acids is 1. The molecule has 1 fully saturated rings. The number of hydrogen-bond donors (Lipinski definition) is 1. The van der Waals surface area contributed by atoms with Crippen molar-refractivity contribution in [2.45, 2.75) is 44.6 Å². The van der Waals surface area contributed by atoms with E-state index in [1.165, 1.54) is 23.4 Å². The first kappa shape index (κ1) is 17.6. The summed E-state index contributed by atoms with van der Waals surface area (Å²) in [5, 5.41) is 6.58. The molecule has 3 rings (SSSR count). The van der Waals surface area contributed by atoms with Crippen LogP contribution in [0.1, 0.15) is 42.8 Å². The molecule has 1 saturated heterocycles. The number of anilines is 1. The molecule has 8 heteroatoms. The van der Waals surface area contributed by atoms with Gasteiger partial charge in [0.25, 0.3) is 0 Å². The van der Waals surface area contributed by atoms with Crippen LogP contribution in [0.5, 0.6) is 0 Å². The molecule has 0 bridgehead atoms. The molecular formula is C17H21N3O4S. The molecule has 1 aliphatic rings. The van der Waals surface area contributed by atoms with Crippen LogP contribution in [-0.2, 0) is 14.8 Å². The number of hydrogen-bond acceptors (Lipinski definition) is 5. The largest absolute Gasteiger partial charge is 0.361 e. The van der Waals surface area contributed by atoms with Gasteiger partial charge in [-0.05, 0) is 51.0 Å². The van der Waals surface area contributed by atoms with E-state index in [9.17, 15) is 13.2 Å². The van der Waals surface area contributed by atoms with Gasteiger partial charge in [0.05, 0.1) is 16.6 Å². The number of rotatable bonds is 4. The van der Waals surface area contributed by atoms with Gasteiger partial charge >= 0.3 is 0 Å². The minimum atomic E-state index is -3.64. The van der Waals surface area contributed by atoms with Crippen molar-refractivity contribution >= 4 is 21.6 Å². The molecule has 1 aromatic heterocycles. The number of carbonyl (C=O) groups is 1. The van der Waals surface area contributed by atoms with Gasteiger partial charge in [-0.15, -0.1) is 0 Å². The monoisotopic (exact) mass is 363 g/mol. The third-order valence-electron chi connectivity index (χ3n) is 4.41. The van der Waals surface area contributed by atoms with Crippen LogP contribution < -0.4 is 5.32 Å². The Hall–Kier alpha value is -2.19. The first-order valence-corrected chi connectivity index (χ1v) is 9.57. The summed E-state index contributed by atoms with van der Waals surface area (Å²) in [5.74, 6) is 0.458. The van der Waals surface area contributed by atoms with Crippen LogP contribution in [0.3, 0.4) is 0 Å². The molecule has 25 heavy (non-hydrogen) atoms. The second-order valence-electron chi connectivity index (χ2n) is 6.22. The predicted octanol–water partition coefficient (Wildman–Crippen LogP) is 2.78. The molecule has 1 aliphatic heterocycles. The lowest BCUT2D eigenvalue weighted by Crippen LogP contribution is -2.31. The van der Waals surface area contributed by atoms with E-state index in [1.807, 2.05) is 6.92 Å². The van der Waals surface area contributed by atoms with Crippen LogP contribution in [0.25, 0.3) is 0 Å². The molecule has 1 atom stereocenters. The van der Waals surface area contributed by atoms with Crippen LogP contribution in [0, 0.1) is 13.8 Å².